The van der Waals surface area contributed by atoms with E-state index in [0.29, 0.717) is 35.1 Å². The Hall–Kier alpha value is -2.54. The van der Waals surface area contributed by atoms with Crippen LogP contribution in [0.25, 0.3) is 11.2 Å². The predicted molar refractivity (Wildman–Crippen MR) is 90.6 cm³/mol. The summed E-state index contributed by atoms with van der Waals surface area (Å²) in [6.07, 6.45) is 2.20. The zero-order valence-electron chi connectivity index (χ0n) is 12.2. The molecule has 112 valence electrons. The molecule has 0 radical (unpaired) electrons. The average molecular weight is 312 g/mol. The molecule has 22 heavy (non-hydrogen) atoms. The van der Waals surface area contributed by atoms with Crippen LogP contribution >= 0.6 is 12.2 Å². The van der Waals surface area contributed by atoms with Crippen LogP contribution in [0.3, 0.4) is 0 Å². The number of imidazole rings is 1. The molecule has 1 aromatic carbocycles. The van der Waals surface area contributed by atoms with Crippen molar-refractivity contribution in [3.05, 3.63) is 48.0 Å². The van der Waals surface area contributed by atoms with Crippen LogP contribution in [-0.4, -0.2) is 31.6 Å². The van der Waals surface area contributed by atoms with Gasteiger partial charge in [-0.3, -0.25) is 0 Å². The van der Waals surface area contributed by atoms with E-state index in [9.17, 15) is 0 Å². The first-order valence-electron chi connectivity index (χ1n) is 6.89. The fourth-order valence-electron chi connectivity index (χ4n) is 2.22. The van der Waals surface area contributed by atoms with Gasteiger partial charge in [0, 0.05) is 7.05 Å². The van der Waals surface area contributed by atoms with Crippen molar-refractivity contribution in [3.8, 4) is 0 Å². The number of nitrogens with zero attached hydrogens (tertiary/aromatic N) is 4. The summed E-state index contributed by atoms with van der Waals surface area (Å²) in [4.78, 5) is 13.8. The molecule has 2 aromatic heterocycles. The largest absolute Gasteiger partial charge is 0.382 e. The van der Waals surface area contributed by atoms with Gasteiger partial charge in [0.25, 0.3) is 0 Å². The van der Waals surface area contributed by atoms with Crippen molar-refractivity contribution in [3.63, 3.8) is 0 Å². The Morgan fingerprint density at radius 1 is 1.27 bits per heavy atom. The van der Waals surface area contributed by atoms with Crippen molar-refractivity contribution in [1.29, 1.82) is 0 Å². The van der Waals surface area contributed by atoms with Crippen LogP contribution in [0, 0.1) is 0 Å². The Labute approximate surface area is 133 Å². The number of hydrogen-bond donors (Lipinski definition) is 2. The number of nitrogen functional groups attached to an aromatic ring is 1. The highest BCUT2D eigenvalue weighted by atomic mass is 32.1. The number of rotatable bonds is 4. The predicted octanol–water partition coefficient (Wildman–Crippen LogP) is 1.55. The molecular formula is C15H16N6S. The minimum absolute atomic E-state index is 0.380. The second-order valence-electron chi connectivity index (χ2n) is 4.91. The van der Waals surface area contributed by atoms with Crippen LogP contribution in [-0.2, 0) is 13.0 Å². The summed E-state index contributed by atoms with van der Waals surface area (Å²) in [6, 6.07) is 10.1. The molecule has 0 amide bonds. The lowest BCUT2D eigenvalue weighted by atomic mass is 10.2. The lowest BCUT2D eigenvalue weighted by Gasteiger charge is -2.06. The van der Waals surface area contributed by atoms with E-state index in [0.717, 1.165) is 5.65 Å². The van der Waals surface area contributed by atoms with Crippen LogP contribution in [0.4, 0.5) is 5.82 Å². The molecule has 0 unspecified atom stereocenters. The lowest BCUT2D eigenvalue weighted by molar-refractivity contribution is 0.809. The molecule has 2 heterocycles. The Bertz CT molecular complexity index is 812. The van der Waals surface area contributed by atoms with Gasteiger partial charge in [-0.15, -0.1) is 0 Å². The summed E-state index contributed by atoms with van der Waals surface area (Å²) in [6.45, 7) is 0.684. The standard InChI is InChI=1S/C15H16N6S/c1-17-12(22)7-11-19-14(16)13-15(20-11)21(9-18-13)8-10-5-3-2-4-6-10/h2-6,9H,7-8H2,1H3,(H,17,22)(H2,16,19,20). The average Bonchev–Trinajstić information content (AvgIpc) is 2.92. The highest BCUT2D eigenvalue weighted by molar-refractivity contribution is 7.80. The van der Waals surface area contributed by atoms with Crippen LogP contribution in [0.1, 0.15) is 11.4 Å². The summed E-state index contributed by atoms with van der Waals surface area (Å²) in [7, 11) is 1.78. The van der Waals surface area contributed by atoms with Crippen LogP contribution in [0.15, 0.2) is 36.7 Å². The minimum atomic E-state index is 0.380. The van der Waals surface area contributed by atoms with Crippen molar-refractivity contribution >= 4 is 34.2 Å². The number of benzene rings is 1. The first kappa shape index (κ1) is 14.4. The van der Waals surface area contributed by atoms with Gasteiger partial charge in [-0.05, 0) is 5.56 Å². The second-order valence-corrected chi connectivity index (χ2v) is 5.40. The topological polar surface area (TPSA) is 81.6 Å². The second kappa shape index (κ2) is 6.07. The van der Waals surface area contributed by atoms with Crippen LogP contribution in [0.5, 0.6) is 0 Å². The van der Waals surface area contributed by atoms with E-state index in [1.165, 1.54) is 5.56 Å². The number of nitrogens with two attached hydrogens (primary N) is 1. The van der Waals surface area contributed by atoms with Crippen molar-refractivity contribution in [2.24, 2.45) is 0 Å². The van der Waals surface area contributed by atoms with E-state index >= 15 is 0 Å². The zero-order chi connectivity index (χ0) is 15.5. The van der Waals surface area contributed by atoms with Gasteiger partial charge in [0.2, 0.25) is 0 Å². The van der Waals surface area contributed by atoms with Gasteiger partial charge >= 0.3 is 0 Å². The number of nitrogens with one attached hydrogen (secondary N) is 1. The molecule has 0 aliphatic rings. The van der Waals surface area contributed by atoms with Crippen molar-refractivity contribution in [1.82, 2.24) is 24.8 Å². The number of fused-ring (bicyclic) bond motifs is 1. The summed E-state index contributed by atoms with van der Waals surface area (Å²) in [5, 5.41) is 2.92. The lowest BCUT2D eigenvalue weighted by Crippen LogP contribution is -2.19. The van der Waals surface area contributed by atoms with Crippen LogP contribution in [0.2, 0.25) is 0 Å². The van der Waals surface area contributed by atoms with E-state index < -0.39 is 0 Å². The van der Waals surface area contributed by atoms with Gasteiger partial charge < -0.3 is 15.6 Å². The van der Waals surface area contributed by atoms with Gasteiger partial charge in [0.05, 0.1) is 24.3 Å². The fourth-order valence-corrected chi connectivity index (χ4v) is 2.35. The summed E-state index contributed by atoms with van der Waals surface area (Å²) >= 11 is 5.17. The SMILES string of the molecule is CNC(=S)Cc1nc(N)c2ncn(Cc3ccccc3)c2n1. The molecule has 0 aliphatic carbocycles. The van der Waals surface area contributed by atoms with Gasteiger partial charge in [-0.1, -0.05) is 42.5 Å². The Morgan fingerprint density at radius 3 is 2.77 bits per heavy atom. The molecule has 3 N–H and O–H groups in total. The van der Waals surface area contributed by atoms with Crippen LogP contribution < -0.4 is 11.1 Å². The Morgan fingerprint density at radius 2 is 2.05 bits per heavy atom. The molecule has 3 rings (SSSR count). The van der Waals surface area contributed by atoms with Crippen molar-refractivity contribution < 1.29 is 0 Å². The molecule has 0 saturated carbocycles. The van der Waals surface area contributed by atoms with E-state index in [4.69, 9.17) is 18.0 Å². The monoisotopic (exact) mass is 312 g/mol. The molecule has 7 heteroatoms. The van der Waals surface area contributed by atoms with E-state index in [2.05, 4.69) is 32.4 Å². The zero-order valence-corrected chi connectivity index (χ0v) is 13.0. The number of likely N-dealkylation sites (N-methyl/N-ethyl adjacent to an activating group) is 1. The fraction of sp³-hybridized carbons (Fsp3) is 0.200. The number of thiocarbonyl (C=S) groups is 1. The normalized spacial score (nSPS) is 10.8. The third kappa shape index (κ3) is 2.89. The highest BCUT2D eigenvalue weighted by Gasteiger charge is 2.12. The third-order valence-electron chi connectivity index (χ3n) is 3.33. The third-order valence-corrected chi connectivity index (χ3v) is 3.68. The molecular weight excluding hydrogens is 296 g/mol. The number of anilines is 1. The maximum absolute atomic E-state index is 5.99. The molecule has 0 atom stereocenters. The first-order chi connectivity index (χ1) is 10.7. The van der Waals surface area contributed by atoms with Gasteiger partial charge in [0.15, 0.2) is 11.5 Å². The molecule has 0 spiro atoms. The molecule has 0 aliphatic heterocycles. The Balaban J connectivity index is 1.99. The number of hydrogen-bond acceptors (Lipinski definition) is 5. The Kier molecular flexibility index (Phi) is 3.97. The smallest absolute Gasteiger partial charge is 0.166 e. The van der Waals surface area contributed by atoms with E-state index in [1.54, 1.807) is 13.4 Å². The molecule has 0 fully saturated rings. The molecule has 6 nitrogen and oxygen atoms in total. The quantitative estimate of drug-likeness (QED) is 0.711. The van der Waals surface area contributed by atoms with E-state index in [1.807, 2.05) is 22.8 Å². The summed E-state index contributed by atoms with van der Waals surface area (Å²) in [5.41, 5.74) is 8.51. The molecule has 3 aromatic rings. The first-order valence-corrected chi connectivity index (χ1v) is 7.30. The van der Waals surface area contributed by atoms with Crippen molar-refractivity contribution in [2.45, 2.75) is 13.0 Å². The summed E-state index contributed by atoms with van der Waals surface area (Å²) in [5.74, 6) is 0.977. The van der Waals surface area contributed by atoms with Gasteiger partial charge in [0.1, 0.15) is 11.3 Å². The van der Waals surface area contributed by atoms with Gasteiger partial charge in [-0.2, -0.15) is 0 Å². The summed E-state index contributed by atoms with van der Waals surface area (Å²) < 4.78 is 1.97. The number of aromatic nitrogens is 4. The highest BCUT2D eigenvalue weighted by Crippen LogP contribution is 2.17. The minimum Gasteiger partial charge on any atom is -0.382 e. The molecule has 0 bridgehead atoms. The maximum atomic E-state index is 5.99. The molecule has 0 saturated heterocycles. The van der Waals surface area contributed by atoms with Crippen molar-refractivity contribution in [2.75, 3.05) is 12.8 Å². The van der Waals surface area contributed by atoms with E-state index in [-0.39, 0.29) is 0 Å². The maximum Gasteiger partial charge on any atom is 0.166 e. The van der Waals surface area contributed by atoms with Gasteiger partial charge in [-0.25, -0.2) is 15.0 Å².